The standard InChI is InChI=1S/C11H20.C9H20/c1-4-6-7-8-9-10-11(3)5-2;1-5-9(6-2,7-3)8-4/h5H,2-4,6-10H2,1H3;5-8H2,1-4H3. The highest BCUT2D eigenvalue weighted by molar-refractivity contribution is 5.10. The van der Waals surface area contributed by atoms with Crippen molar-refractivity contribution in [2.75, 3.05) is 0 Å². The molecule has 0 amide bonds. The van der Waals surface area contributed by atoms with Gasteiger partial charge >= 0.3 is 0 Å². The van der Waals surface area contributed by atoms with Crippen LogP contribution in [0.3, 0.4) is 0 Å². The molecule has 0 N–H and O–H groups in total. The van der Waals surface area contributed by atoms with Crippen LogP contribution in [0.25, 0.3) is 0 Å². The summed E-state index contributed by atoms with van der Waals surface area (Å²) in [5.41, 5.74) is 1.85. The monoisotopic (exact) mass is 280 g/mol. The Labute approximate surface area is 129 Å². The fourth-order valence-electron chi connectivity index (χ4n) is 2.56. The number of rotatable bonds is 11. The predicted octanol–water partition coefficient (Wildman–Crippen LogP) is 7.70. The van der Waals surface area contributed by atoms with Crippen LogP contribution in [-0.2, 0) is 0 Å². The molecule has 0 spiro atoms. The number of allylic oxidation sites excluding steroid dienone is 2. The van der Waals surface area contributed by atoms with E-state index in [2.05, 4.69) is 47.8 Å². The van der Waals surface area contributed by atoms with Crippen LogP contribution in [0.15, 0.2) is 24.8 Å². The van der Waals surface area contributed by atoms with Gasteiger partial charge in [0.1, 0.15) is 0 Å². The first kappa shape index (κ1) is 21.8. The summed E-state index contributed by atoms with van der Waals surface area (Å²) in [5.74, 6) is 0. The van der Waals surface area contributed by atoms with Gasteiger partial charge in [-0.3, -0.25) is 0 Å². The van der Waals surface area contributed by atoms with Crippen LogP contribution in [0.4, 0.5) is 0 Å². The van der Waals surface area contributed by atoms with E-state index < -0.39 is 0 Å². The Morgan fingerprint density at radius 3 is 1.55 bits per heavy atom. The van der Waals surface area contributed by atoms with Gasteiger partial charge in [-0.2, -0.15) is 0 Å². The molecule has 0 heterocycles. The maximum Gasteiger partial charge on any atom is -0.0285 e. The fraction of sp³-hybridized carbons (Fsp3) is 0.800. The first-order valence-corrected chi connectivity index (χ1v) is 8.85. The van der Waals surface area contributed by atoms with Crippen molar-refractivity contribution in [3.8, 4) is 0 Å². The Hall–Kier alpha value is -0.520. The molecule has 20 heavy (non-hydrogen) atoms. The maximum absolute atomic E-state index is 3.87. The Morgan fingerprint density at radius 2 is 1.25 bits per heavy atom. The van der Waals surface area contributed by atoms with E-state index in [9.17, 15) is 0 Å². The average molecular weight is 281 g/mol. The fourth-order valence-corrected chi connectivity index (χ4v) is 2.56. The van der Waals surface area contributed by atoms with E-state index >= 15 is 0 Å². The van der Waals surface area contributed by atoms with E-state index in [1.54, 1.807) is 0 Å². The molecule has 0 atom stereocenters. The Bertz CT molecular complexity index is 203. The van der Waals surface area contributed by atoms with Gasteiger partial charge in [0.25, 0.3) is 0 Å². The van der Waals surface area contributed by atoms with Gasteiger partial charge in [0, 0.05) is 0 Å². The number of hydrogen-bond donors (Lipinski definition) is 0. The highest BCUT2D eigenvalue weighted by Gasteiger charge is 2.20. The Balaban J connectivity index is 0. The van der Waals surface area contributed by atoms with Crippen molar-refractivity contribution in [2.45, 2.75) is 98.8 Å². The van der Waals surface area contributed by atoms with Crippen molar-refractivity contribution in [3.63, 3.8) is 0 Å². The topological polar surface area (TPSA) is 0 Å². The van der Waals surface area contributed by atoms with Gasteiger partial charge in [0.05, 0.1) is 0 Å². The predicted molar refractivity (Wildman–Crippen MR) is 96.3 cm³/mol. The normalized spacial score (nSPS) is 10.7. The summed E-state index contributed by atoms with van der Waals surface area (Å²) in [4.78, 5) is 0. The highest BCUT2D eigenvalue weighted by Crippen LogP contribution is 2.33. The lowest BCUT2D eigenvalue weighted by Crippen LogP contribution is -2.15. The maximum atomic E-state index is 3.87. The molecule has 0 aromatic carbocycles. The van der Waals surface area contributed by atoms with Crippen LogP contribution in [0.1, 0.15) is 98.8 Å². The second-order valence-electron chi connectivity index (χ2n) is 5.94. The molecule has 0 bridgehead atoms. The van der Waals surface area contributed by atoms with E-state index in [4.69, 9.17) is 0 Å². The summed E-state index contributed by atoms with van der Waals surface area (Å²) in [7, 11) is 0. The zero-order valence-electron chi connectivity index (χ0n) is 15.1. The molecular weight excluding hydrogens is 240 g/mol. The molecule has 0 saturated heterocycles. The molecule has 0 fully saturated rings. The largest absolute Gasteiger partial charge is 0.0988 e. The molecule has 0 aliphatic rings. The molecular formula is C20H40. The highest BCUT2D eigenvalue weighted by atomic mass is 14.3. The van der Waals surface area contributed by atoms with E-state index in [0.29, 0.717) is 5.41 Å². The lowest BCUT2D eigenvalue weighted by molar-refractivity contribution is 0.240. The van der Waals surface area contributed by atoms with Gasteiger partial charge in [0.2, 0.25) is 0 Å². The number of hydrogen-bond acceptors (Lipinski definition) is 0. The molecule has 0 radical (unpaired) electrons. The molecule has 0 heteroatoms. The molecule has 0 aromatic heterocycles. The molecule has 0 aliphatic carbocycles. The summed E-state index contributed by atoms with van der Waals surface area (Å²) in [6.45, 7) is 19.0. The van der Waals surface area contributed by atoms with Crippen molar-refractivity contribution in [2.24, 2.45) is 5.41 Å². The molecule has 0 nitrogen and oxygen atoms in total. The lowest BCUT2D eigenvalue weighted by Gasteiger charge is -2.28. The number of unbranched alkanes of at least 4 members (excludes halogenated alkanes) is 4. The lowest BCUT2D eigenvalue weighted by atomic mass is 9.78. The Morgan fingerprint density at radius 1 is 0.800 bits per heavy atom. The zero-order chi connectivity index (χ0) is 15.9. The molecule has 0 unspecified atom stereocenters. The minimum Gasteiger partial charge on any atom is -0.0988 e. The van der Waals surface area contributed by atoms with Gasteiger partial charge in [-0.25, -0.2) is 0 Å². The summed E-state index contributed by atoms with van der Waals surface area (Å²) < 4.78 is 0. The van der Waals surface area contributed by atoms with Crippen LogP contribution < -0.4 is 0 Å². The quantitative estimate of drug-likeness (QED) is 0.268. The Kier molecular flexibility index (Phi) is 16.2. The van der Waals surface area contributed by atoms with Crippen molar-refractivity contribution in [1.29, 1.82) is 0 Å². The third-order valence-corrected chi connectivity index (χ3v) is 4.89. The second kappa shape index (κ2) is 14.9. The van der Waals surface area contributed by atoms with Crippen LogP contribution in [-0.4, -0.2) is 0 Å². The summed E-state index contributed by atoms with van der Waals surface area (Å²) in [5, 5.41) is 0. The van der Waals surface area contributed by atoms with Crippen LogP contribution >= 0.6 is 0 Å². The smallest absolute Gasteiger partial charge is 0.0285 e. The van der Waals surface area contributed by atoms with Crippen LogP contribution in [0.2, 0.25) is 0 Å². The van der Waals surface area contributed by atoms with Crippen LogP contribution in [0, 0.1) is 5.41 Å². The molecule has 120 valence electrons. The second-order valence-corrected chi connectivity index (χ2v) is 5.94. The molecule has 0 aromatic rings. The first-order valence-electron chi connectivity index (χ1n) is 8.85. The first-order chi connectivity index (χ1) is 9.55. The van der Waals surface area contributed by atoms with Gasteiger partial charge in [0.15, 0.2) is 0 Å². The zero-order valence-corrected chi connectivity index (χ0v) is 15.1. The molecule has 0 aliphatic heterocycles. The molecule has 0 rings (SSSR count). The third-order valence-electron chi connectivity index (χ3n) is 4.89. The summed E-state index contributed by atoms with van der Waals surface area (Å²) in [6.07, 6.45) is 15.1. The van der Waals surface area contributed by atoms with Crippen molar-refractivity contribution in [1.82, 2.24) is 0 Å². The van der Waals surface area contributed by atoms with E-state index in [0.717, 1.165) is 6.42 Å². The molecule has 0 saturated carbocycles. The summed E-state index contributed by atoms with van der Waals surface area (Å²) in [6, 6.07) is 0. The van der Waals surface area contributed by atoms with E-state index in [1.807, 2.05) is 6.08 Å². The van der Waals surface area contributed by atoms with Crippen LogP contribution in [0.5, 0.6) is 0 Å². The third kappa shape index (κ3) is 11.3. The van der Waals surface area contributed by atoms with Crippen molar-refractivity contribution >= 4 is 0 Å². The van der Waals surface area contributed by atoms with E-state index in [-0.39, 0.29) is 0 Å². The minimum absolute atomic E-state index is 0.667. The minimum atomic E-state index is 0.667. The van der Waals surface area contributed by atoms with Gasteiger partial charge < -0.3 is 0 Å². The SMILES string of the molecule is C=CC(=C)CCCCCCC.CCC(CC)(CC)CC. The van der Waals surface area contributed by atoms with Crippen molar-refractivity contribution < 1.29 is 0 Å². The summed E-state index contributed by atoms with van der Waals surface area (Å²) >= 11 is 0. The van der Waals surface area contributed by atoms with Gasteiger partial charge in [-0.05, 0) is 18.3 Å². The van der Waals surface area contributed by atoms with Crippen molar-refractivity contribution in [3.05, 3.63) is 24.8 Å². The van der Waals surface area contributed by atoms with Gasteiger partial charge in [-0.15, -0.1) is 0 Å². The van der Waals surface area contributed by atoms with Gasteiger partial charge in [-0.1, -0.05) is 111 Å². The average Bonchev–Trinajstić information content (AvgIpc) is 2.50. The van der Waals surface area contributed by atoms with E-state index in [1.165, 1.54) is 63.4 Å².